The third kappa shape index (κ3) is 6.27. The molecule has 2 aromatic rings. The molecule has 0 aliphatic rings. The Balaban J connectivity index is 2.18. The van der Waals surface area contributed by atoms with E-state index < -0.39 is 22.0 Å². The number of hydrogen-bond donors (Lipinski definition) is 1. The molecule has 9 heteroatoms. The highest BCUT2D eigenvalue weighted by Gasteiger charge is 2.31. The van der Waals surface area contributed by atoms with Crippen LogP contribution < -0.4 is 19.1 Å². The van der Waals surface area contributed by atoms with E-state index in [4.69, 9.17) is 21.1 Å². The smallest absolute Gasteiger partial charge is 0.243 e. The normalized spacial score (nSPS) is 12.4. The highest BCUT2D eigenvalue weighted by atomic mass is 35.5. The highest BCUT2D eigenvalue weighted by molar-refractivity contribution is 7.92. The zero-order valence-corrected chi connectivity index (χ0v) is 19.3. The number of sulfonamides is 1. The predicted octanol–water partition coefficient (Wildman–Crippen LogP) is 3.61. The maximum Gasteiger partial charge on any atom is 0.243 e. The first-order chi connectivity index (χ1) is 14.0. The first-order valence-corrected chi connectivity index (χ1v) is 11.6. The van der Waals surface area contributed by atoms with Crippen LogP contribution in [0.1, 0.15) is 26.3 Å². The minimum absolute atomic E-state index is 0.0712. The number of nitrogens with one attached hydrogen (secondary N) is 1. The molecule has 1 N–H and O–H groups in total. The molecule has 0 saturated carbocycles. The van der Waals surface area contributed by atoms with E-state index in [9.17, 15) is 13.2 Å². The maximum atomic E-state index is 12.8. The molecule has 1 amide bonds. The third-order valence-corrected chi connectivity index (χ3v) is 5.69. The summed E-state index contributed by atoms with van der Waals surface area (Å²) in [6.07, 6.45) is 1.10. The number of ether oxygens (including phenoxy) is 2. The average Bonchev–Trinajstić information content (AvgIpc) is 2.66. The Morgan fingerprint density at radius 1 is 1.13 bits per heavy atom. The summed E-state index contributed by atoms with van der Waals surface area (Å²) >= 11 is 6.05. The van der Waals surface area contributed by atoms with Gasteiger partial charge < -0.3 is 14.8 Å². The Morgan fingerprint density at radius 2 is 1.77 bits per heavy atom. The zero-order valence-electron chi connectivity index (χ0n) is 17.7. The third-order valence-electron chi connectivity index (χ3n) is 4.23. The molecule has 0 saturated heterocycles. The number of amides is 1. The van der Waals surface area contributed by atoms with Gasteiger partial charge in [0.1, 0.15) is 17.5 Å². The fourth-order valence-corrected chi connectivity index (χ4v) is 4.25. The topological polar surface area (TPSA) is 84.9 Å². The largest absolute Gasteiger partial charge is 0.495 e. The SMILES string of the molecule is COc1ccc(Cl)cc1N([C@H](C)C(=O)NCc1ccc(OC(C)C)cc1)S(C)(=O)=O. The molecule has 2 rings (SSSR count). The predicted molar refractivity (Wildman–Crippen MR) is 119 cm³/mol. The fraction of sp³-hybridized carbons (Fsp3) is 0.381. The Morgan fingerprint density at radius 3 is 2.30 bits per heavy atom. The second kappa shape index (κ2) is 10.0. The van der Waals surface area contributed by atoms with Crippen LogP contribution in [-0.4, -0.2) is 39.8 Å². The van der Waals surface area contributed by atoms with E-state index in [1.165, 1.54) is 20.1 Å². The van der Waals surface area contributed by atoms with Crippen molar-refractivity contribution in [3.8, 4) is 11.5 Å². The second-order valence-corrected chi connectivity index (χ2v) is 9.38. The molecule has 2 aromatic carbocycles. The van der Waals surface area contributed by atoms with Crippen molar-refractivity contribution >= 4 is 33.2 Å². The van der Waals surface area contributed by atoms with Gasteiger partial charge in [-0.1, -0.05) is 23.7 Å². The molecule has 0 aromatic heterocycles. The summed E-state index contributed by atoms with van der Waals surface area (Å²) in [5.74, 6) is 0.583. The molecule has 0 unspecified atom stereocenters. The zero-order chi connectivity index (χ0) is 22.5. The van der Waals surface area contributed by atoms with E-state index in [1.807, 2.05) is 38.1 Å². The van der Waals surface area contributed by atoms with Gasteiger partial charge in [0.05, 0.1) is 25.2 Å². The summed E-state index contributed by atoms with van der Waals surface area (Å²) in [4.78, 5) is 12.8. The molecule has 0 bridgehead atoms. The average molecular weight is 455 g/mol. The molecule has 0 aliphatic heterocycles. The first-order valence-electron chi connectivity index (χ1n) is 9.39. The molecule has 0 heterocycles. The van der Waals surface area contributed by atoms with Crippen LogP contribution in [0, 0.1) is 0 Å². The van der Waals surface area contributed by atoms with Crippen LogP contribution >= 0.6 is 11.6 Å². The molecule has 0 aliphatic carbocycles. The van der Waals surface area contributed by atoms with E-state index in [1.54, 1.807) is 12.1 Å². The lowest BCUT2D eigenvalue weighted by atomic mass is 10.2. The Kier molecular flexibility index (Phi) is 7.97. The van der Waals surface area contributed by atoms with Gasteiger partial charge in [-0.2, -0.15) is 0 Å². The summed E-state index contributed by atoms with van der Waals surface area (Å²) in [6.45, 7) is 5.64. The summed E-state index contributed by atoms with van der Waals surface area (Å²) in [6, 6.07) is 10.9. The van der Waals surface area contributed by atoms with Crippen LogP contribution in [0.2, 0.25) is 5.02 Å². The van der Waals surface area contributed by atoms with Gasteiger partial charge in [0.25, 0.3) is 0 Å². The number of carbonyl (C=O) groups is 1. The van der Waals surface area contributed by atoms with Gasteiger partial charge in [-0.05, 0) is 56.7 Å². The van der Waals surface area contributed by atoms with Crippen molar-refractivity contribution in [1.29, 1.82) is 0 Å². The molecule has 164 valence electrons. The molecule has 0 spiro atoms. The number of halogens is 1. The molecule has 0 fully saturated rings. The minimum Gasteiger partial charge on any atom is -0.495 e. The number of rotatable bonds is 9. The lowest BCUT2D eigenvalue weighted by Gasteiger charge is -2.29. The number of methoxy groups -OCH3 is 1. The van der Waals surface area contributed by atoms with Crippen LogP contribution in [0.3, 0.4) is 0 Å². The summed E-state index contributed by atoms with van der Waals surface area (Å²) < 4.78 is 36.9. The number of anilines is 1. The van der Waals surface area contributed by atoms with Gasteiger partial charge in [0, 0.05) is 11.6 Å². The summed E-state index contributed by atoms with van der Waals surface area (Å²) in [5, 5.41) is 3.10. The minimum atomic E-state index is -3.79. The van der Waals surface area contributed by atoms with Gasteiger partial charge in [-0.15, -0.1) is 0 Å². The Labute approximate surface area is 183 Å². The molecule has 30 heavy (non-hydrogen) atoms. The van der Waals surface area contributed by atoms with Gasteiger partial charge in [-0.3, -0.25) is 9.10 Å². The Hall–Kier alpha value is -2.45. The standard InChI is InChI=1S/C21H27ClN2O5S/c1-14(2)29-18-9-6-16(7-10-18)13-23-21(25)15(3)24(30(5,26)27)19-12-17(22)8-11-20(19)28-4/h6-12,14-15H,13H2,1-5H3,(H,23,25)/t15-/m1/s1. The van der Waals surface area contributed by atoms with Gasteiger partial charge in [0.15, 0.2) is 0 Å². The molecular formula is C21H27ClN2O5S. The van der Waals surface area contributed by atoms with Crippen molar-refractivity contribution in [1.82, 2.24) is 5.32 Å². The van der Waals surface area contributed by atoms with Crippen molar-refractivity contribution in [3.63, 3.8) is 0 Å². The van der Waals surface area contributed by atoms with Crippen LogP contribution in [0.15, 0.2) is 42.5 Å². The van der Waals surface area contributed by atoms with Crippen LogP contribution in [0.25, 0.3) is 0 Å². The van der Waals surface area contributed by atoms with E-state index >= 15 is 0 Å². The maximum absolute atomic E-state index is 12.8. The second-order valence-electron chi connectivity index (χ2n) is 7.08. The number of benzene rings is 2. The highest BCUT2D eigenvalue weighted by Crippen LogP contribution is 2.34. The van der Waals surface area contributed by atoms with Crippen molar-refractivity contribution < 1.29 is 22.7 Å². The monoisotopic (exact) mass is 454 g/mol. The molecule has 0 radical (unpaired) electrons. The number of nitrogens with zero attached hydrogens (tertiary/aromatic N) is 1. The Bertz CT molecular complexity index is 977. The van der Waals surface area contributed by atoms with Crippen molar-refractivity contribution in [2.45, 2.75) is 39.5 Å². The number of carbonyl (C=O) groups excluding carboxylic acids is 1. The molecule has 7 nitrogen and oxygen atoms in total. The fourth-order valence-electron chi connectivity index (χ4n) is 2.91. The molecular weight excluding hydrogens is 428 g/mol. The van der Waals surface area contributed by atoms with Crippen molar-refractivity contribution in [3.05, 3.63) is 53.1 Å². The first kappa shape index (κ1) is 23.8. The summed E-state index contributed by atoms with van der Waals surface area (Å²) in [7, 11) is -2.37. The van der Waals surface area contributed by atoms with Crippen LogP contribution in [-0.2, 0) is 21.4 Å². The lowest BCUT2D eigenvalue weighted by molar-refractivity contribution is -0.122. The van der Waals surface area contributed by atoms with Crippen molar-refractivity contribution in [2.75, 3.05) is 17.7 Å². The number of hydrogen-bond acceptors (Lipinski definition) is 5. The lowest BCUT2D eigenvalue weighted by Crippen LogP contribution is -2.47. The van der Waals surface area contributed by atoms with E-state index in [0.29, 0.717) is 10.8 Å². The molecule has 1 atom stereocenters. The van der Waals surface area contributed by atoms with Crippen molar-refractivity contribution in [2.24, 2.45) is 0 Å². The van der Waals surface area contributed by atoms with E-state index in [-0.39, 0.29) is 18.3 Å². The van der Waals surface area contributed by atoms with Gasteiger partial charge in [-0.25, -0.2) is 8.42 Å². The van der Waals surface area contributed by atoms with E-state index in [2.05, 4.69) is 5.32 Å². The quantitative estimate of drug-likeness (QED) is 0.625. The summed E-state index contributed by atoms with van der Waals surface area (Å²) in [5.41, 5.74) is 1.06. The van der Waals surface area contributed by atoms with Gasteiger partial charge >= 0.3 is 0 Å². The van der Waals surface area contributed by atoms with Crippen LogP contribution in [0.4, 0.5) is 5.69 Å². The van der Waals surface area contributed by atoms with Gasteiger partial charge in [0.2, 0.25) is 15.9 Å². The van der Waals surface area contributed by atoms with E-state index in [0.717, 1.165) is 21.9 Å². The van der Waals surface area contributed by atoms with Crippen LogP contribution in [0.5, 0.6) is 11.5 Å².